The molecule has 25 heavy (non-hydrogen) atoms. The number of rotatable bonds is 4. The van der Waals surface area contributed by atoms with Crippen LogP contribution >= 0.6 is 0 Å². The Morgan fingerprint density at radius 3 is 2.48 bits per heavy atom. The van der Waals surface area contributed by atoms with Crippen molar-refractivity contribution in [3.8, 4) is 11.8 Å². The number of anilines is 1. The zero-order valence-corrected chi connectivity index (χ0v) is 13.6. The molecule has 0 saturated carbocycles. The van der Waals surface area contributed by atoms with Gasteiger partial charge in [0.1, 0.15) is 5.58 Å². The highest BCUT2D eigenvalue weighted by molar-refractivity contribution is 5.87. The molecule has 2 N–H and O–H groups in total. The maximum absolute atomic E-state index is 12.1. The Labute approximate surface area is 142 Å². The lowest BCUT2D eigenvalue weighted by atomic mass is 10.1. The number of nitrogens with zero attached hydrogens (tertiary/aromatic N) is 2. The molecule has 2 heterocycles. The van der Waals surface area contributed by atoms with Gasteiger partial charge >= 0.3 is 11.6 Å². The van der Waals surface area contributed by atoms with E-state index in [2.05, 4.69) is 0 Å². The number of benzene rings is 1. The molecular weight excluding hydrogens is 328 g/mol. The first-order valence-corrected chi connectivity index (χ1v) is 7.40. The van der Waals surface area contributed by atoms with E-state index in [1.165, 1.54) is 18.2 Å². The molecule has 0 saturated heterocycles. The molecule has 0 radical (unpaired) electrons. The Kier molecular flexibility index (Phi) is 4.10. The summed E-state index contributed by atoms with van der Waals surface area (Å²) in [6.07, 6.45) is -0.236. The molecule has 0 fully saturated rings. The van der Waals surface area contributed by atoms with E-state index in [0.717, 1.165) is 5.69 Å². The first-order valence-electron chi connectivity index (χ1n) is 7.40. The monoisotopic (exact) mass is 344 g/mol. The first-order chi connectivity index (χ1) is 11.8. The van der Waals surface area contributed by atoms with Crippen LogP contribution in [0.5, 0.6) is 11.8 Å². The number of carbonyl (C=O) groups excluding carboxylic acids is 1. The summed E-state index contributed by atoms with van der Waals surface area (Å²) in [4.78, 5) is 30.6. The highest BCUT2D eigenvalue weighted by atomic mass is 16.7. The van der Waals surface area contributed by atoms with Crippen LogP contribution < -0.4 is 15.4 Å². The van der Waals surface area contributed by atoms with Crippen LogP contribution in [0.2, 0.25) is 0 Å². The van der Waals surface area contributed by atoms with Crippen molar-refractivity contribution in [2.75, 3.05) is 19.0 Å². The molecule has 1 aromatic carbocycles. The topological polar surface area (TPSA) is 105 Å². The molecule has 0 bridgehead atoms. The van der Waals surface area contributed by atoms with Crippen molar-refractivity contribution in [3.63, 3.8) is 0 Å². The van der Waals surface area contributed by atoms with Gasteiger partial charge in [0.25, 0.3) is 0 Å². The first kappa shape index (κ1) is 16.4. The highest BCUT2D eigenvalue weighted by Crippen LogP contribution is 2.23. The predicted octanol–water partition coefficient (Wildman–Crippen LogP) is 1.27. The summed E-state index contributed by atoms with van der Waals surface area (Å²) in [7, 11) is 3.72. The standard InChI is InChI=1S/C17H16N2O6/c1-18(2)11-3-4-12-10(7-16(22)24-13(12)9-11)8-17(23)25-19-14(20)5-6-15(19)21/h3-7,9,20-21H,8H2,1-2H3. The molecule has 0 aliphatic rings. The normalized spacial score (nSPS) is 10.8. The molecule has 2 aromatic heterocycles. The van der Waals surface area contributed by atoms with Gasteiger partial charge < -0.3 is 24.4 Å². The quantitative estimate of drug-likeness (QED) is 0.687. The zero-order valence-electron chi connectivity index (χ0n) is 13.6. The molecule has 0 atom stereocenters. The van der Waals surface area contributed by atoms with Gasteiger partial charge in [-0.1, -0.05) is 0 Å². The van der Waals surface area contributed by atoms with Crippen LogP contribution in [0.25, 0.3) is 11.0 Å². The lowest BCUT2D eigenvalue weighted by Gasteiger charge is -2.13. The molecule has 0 amide bonds. The van der Waals surface area contributed by atoms with E-state index in [4.69, 9.17) is 9.25 Å². The van der Waals surface area contributed by atoms with E-state index in [1.807, 2.05) is 25.1 Å². The van der Waals surface area contributed by atoms with Crippen LogP contribution in [0.4, 0.5) is 5.69 Å². The maximum Gasteiger partial charge on any atom is 0.337 e. The Morgan fingerprint density at radius 1 is 1.16 bits per heavy atom. The Balaban J connectivity index is 1.93. The predicted molar refractivity (Wildman–Crippen MR) is 89.9 cm³/mol. The third-order valence-corrected chi connectivity index (χ3v) is 3.66. The van der Waals surface area contributed by atoms with E-state index in [9.17, 15) is 19.8 Å². The van der Waals surface area contributed by atoms with Crippen LogP contribution in [-0.4, -0.2) is 35.0 Å². The van der Waals surface area contributed by atoms with E-state index in [-0.39, 0.29) is 6.42 Å². The fourth-order valence-corrected chi connectivity index (χ4v) is 2.43. The van der Waals surface area contributed by atoms with Crippen LogP contribution in [0, 0.1) is 0 Å². The summed E-state index contributed by atoms with van der Waals surface area (Å²) in [6.45, 7) is 0. The average molecular weight is 344 g/mol. The zero-order chi connectivity index (χ0) is 18.1. The van der Waals surface area contributed by atoms with Gasteiger partial charge in [-0.25, -0.2) is 9.59 Å². The van der Waals surface area contributed by atoms with Gasteiger partial charge in [0, 0.05) is 49.4 Å². The fourth-order valence-electron chi connectivity index (χ4n) is 2.43. The smallest absolute Gasteiger partial charge is 0.337 e. The van der Waals surface area contributed by atoms with Gasteiger partial charge in [0.2, 0.25) is 11.8 Å². The Morgan fingerprint density at radius 2 is 1.84 bits per heavy atom. The minimum Gasteiger partial charge on any atom is -0.492 e. The second kappa shape index (κ2) is 6.23. The summed E-state index contributed by atoms with van der Waals surface area (Å²) >= 11 is 0. The number of hydrogen-bond acceptors (Lipinski definition) is 7. The summed E-state index contributed by atoms with van der Waals surface area (Å²) in [6, 6.07) is 8.86. The number of fused-ring (bicyclic) bond motifs is 1. The summed E-state index contributed by atoms with van der Waals surface area (Å²) in [5.74, 6) is -1.59. The molecule has 8 heteroatoms. The molecule has 0 unspecified atom stereocenters. The lowest BCUT2D eigenvalue weighted by molar-refractivity contribution is -0.144. The fraction of sp³-hybridized carbons (Fsp3) is 0.176. The van der Waals surface area contributed by atoms with Gasteiger partial charge in [0.05, 0.1) is 6.42 Å². The summed E-state index contributed by atoms with van der Waals surface area (Å²) < 4.78 is 5.80. The van der Waals surface area contributed by atoms with Crippen LogP contribution in [0.3, 0.4) is 0 Å². The molecule has 0 aliphatic carbocycles. The van der Waals surface area contributed by atoms with E-state index >= 15 is 0 Å². The summed E-state index contributed by atoms with van der Waals surface area (Å²) in [5, 5.41) is 19.6. The summed E-state index contributed by atoms with van der Waals surface area (Å²) in [5.41, 5.74) is 1.04. The van der Waals surface area contributed by atoms with Crippen LogP contribution in [-0.2, 0) is 11.2 Å². The number of aromatic hydroxyl groups is 2. The largest absolute Gasteiger partial charge is 0.492 e. The minimum absolute atomic E-state index is 0.236. The average Bonchev–Trinajstić information content (AvgIpc) is 2.86. The Bertz CT molecular complexity index is 983. The van der Waals surface area contributed by atoms with Crippen LogP contribution in [0.1, 0.15) is 5.56 Å². The van der Waals surface area contributed by atoms with Crippen molar-refractivity contribution < 1.29 is 24.3 Å². The van der Waals surface area contributed by atoms with E-state index in [0.29, 0.717) is 21.3 Å². The highest BCUT2D eigenvalue weighted by Gasteiger charge is 2.16. The molecule has 3 aromatic rings. The molecule has 8 nitrogen and oxygen atoms in total. The van der Waals surface area contributed by atoms with Crippen molar-refractivity contribution in [3.05, 3.63) is 52.4 Å². The third-order valence-electron chi connectivity index (χ3n) is 3.66. The maximum atomic E-state index is 12.1. The molecular formula is C17H16N2O6. The van der Waals surface area contributed by atoms with Gasteiger partial charge in [-0.2, -0.15) is 0 Å². The second-order valence-electron chi connectivity index (χ2n) is 5.65. The Hall–Kier alpha value is -3.42. The van der Waals surface area contributed by atoms with Gasteiger partial charge in [0.15, 0.2) is 0 Å². The lowest BCUT2D eigenvalue weighted by Crippen LogP contribution is -2.21. The van der Waals surface area contributed by atoms with Crippen molar-refractivity contribution >= 4 is 22.6 Å². The van der Waals surface area contributed by atoms with Gasteiger partial charge in [-0.05, 0) is 17.7 Å². The van der Waals surface area contributed by atoms with Crippen molar-refractivity contribution in [1.82, 2.24) is 4.73 Å². The molecule has 130 valence electrons. The van der Waals surface area contributed by atoms with E-state index in [1.54, 1.807) is 12.1 Å². The molecule has 3 rings (SSSR count). The van der Waals surface area contributed by atoms with Crippen LogP contribution in [0.15, 0.2) is 45.6 Å². The second-order valence-corrected chi connectivity index (χ2v) is 5.65. The van der Waals surface area contributed by atoms with Gasteiger partial charge in [-0.3, -0.25) is 0 Å². The number of aromatic nitrogens is 1. The number of carbonyl (C=O) groups is 1. The SMILES string of the molecule is CN(C)c1ccc2c(CC(=O)On3c(O)ccc3O)cc(=O)oc2c1. The number of hydrogen-bond donors (Lipinski definition) is 2. The third kappa shape index (κ3) is 3.27. The molecule has 0 spiro atoms. The van der Waals surface area contributed by atoms with Crippen molar-refractivity contribution in [1.29, 1.82) is 0 Å². The van der Waals surface area contributed by atoms with Gasteiger partial charge in [-0.15, -0.1) is 4.73 Å². The van der Waals surface area contributed by atoms with Crippen molar-refractivity contribution in [2.24, 2.45) is 0 Å². The van der Waals surface area contributed by atoms with Crippen molar-refractivity contribution in [2.45, 2.75) is 6.42 Å². The van der Waals surface area contributed by atoms with E-state index < -0.39 is 23.4 Å². The molecule has 0 aliphatic heterocycles. The minimum atomic E-state index is -0.759.